The molecule has 1 saturated carbocycles. The molecule has 7 nitrogen and oxygen atoms in total. The Hall–Kier alpha value is -4.08. The van der Waals surface area contributed by atoms with Crippen molar-refractivity contribution in [3.63, 3.8) is 0 Å². The SMILES string of the molecule is Cn1cc2c3cc(C(=O)NCCN=C/C=C(\N)C4CC4)ccc3n(-c3ccc(C(F)(F)F)cc3)c2n1. The molecule has 5 rings (SSSR count). The van der Waals surface area contributed by atoms with Gasteiger partial charge < -0.3 is 11.1 Å². The maximum absolute atomic E-state index is 13.0. The molecule has 0 unspecified atom stereocenters. The minimum Gasteiger partial charge on any atom is -0.402 e. The van der Waals surface area contributed by atoms with Crippen molar-refractivity contribution in [3.05, 3.63) is 71.6 Å². The first kappa shape index (κ1) is 23.7. The number of fused-ring (bicyclic) bond motifs is 3. The Morgan fingerprint density at radius 2 is 1.94 bits per heavy atom. The number of nitrogens with two attached hydrogens (primary N) is 1. The highest BCUT2D eigenvalue weighted by atomic mass is 19.4. The summed E-state index contributed by atoms with van der Waals surface area (Å²) in [5, 5.41) is 8.94. The number of hydrogen-bond acceptors (Lipinski definition) is 4. The van der Waals surface area contributed by atoms with Gasteiger partial charge in [0.2, 0.25) is 0 Å². The monoisotopic (exact) mass is 494 g/mol. The predicted octanol–water partition coefficient (Wildman–Crippen LogP) is 4.59. The van der Waals surface area contributed by atoms with Crippen LogP contribution in [0.3, 0.4) is 0 Å². The van der Waals surface area contributed by atoms with Crippen molar-refractivity contribution in [3.8, 4) is 5.69 Å². The van der Waals surface area contributed by atoms with Gasteiger partial charge in [-0.15, -0.1) is 0 Å². The summed E-state index contributed by atoms with van der Waals surface area (Å²) in [6, 6.07) is 10.2. The van der Waals surface area contributed by atoms with Crippen molar-refractivity contribution < 1.29 is 18.0 Å². The first-order valence-corrected chi connectivity index (χ1v) is 11.6. The van der Waals surface area contributed by atoms with Crippen molar-refractivity contribution in [1.29, 1.82) is 0 Å². The first-order valence-electron chi connectivity index (χ1n) is 11.6. The van der Waals surface area contributed by atoms with Gasteiger partial charge in [0.15, 0.2) is 5.65 Å². The molecule has 3 N–H and O–H groups in total. The molecular weight excluding hydrogens is 469 g/mol. The van der Waals surface area contributed by atoms with Crippen LogP contribution in [0.1, 0.15) is 28.8 Å². The number of carbonyl (C=O) groups excluding carboxylic acids is 1. The lowest BCUT2D eigenvalue weighted by atomic mass is 10.1. The summed E-state index contributed by atoms with van der Waals surface area (Å²) in [4.78, 5) is 17.0. The molecule has 0 aliphatic heterocycles. The highest BCUT2D eigenvalue weighted by Gasteiger charge is 2.30. The van der Waals surface area contributed by atoms with Crippen LogP contribution in [0, 0.1) is 5.92 Å². The third kappa shape index (κ3) is 4.71. The Kier molecular flexibility index (Phi) is 6.03. The van der Waals surface area contributed by atoms with Gasteiger partial charge in [-0.25, -0.2) is 0 Å². The van der Waals surface area contributed by atoms with Gasteiger partial charge in [-0.05, 0) is 67.3 Å². The van der Waals surface area contributed by atoms with Crippen LogP contribution >= 0.6 is 0 Å². The molecule has 0 atom stereocenters. The van der Waals surface area contributed by atoms with E-state index in [0.717, 1.165) is 47.0 Å². The van der Waals surface area contributed by atoms with Crippen molar-refractivity contribution in [2.75, 3.05) is 13.1 Å². The van der Waals surface area contributed by atoms with Gasteiger partial charge in [0.25, 0.3) is 5.91 Å². The number of carbonyl (C=O) groups is 1. The fourth-order valence-corrected chi connectivity index (χ4v) is 4.20. The molecule has 0 bridgehead atoms. The minimum atomic E-state index is -4.41. The number of halogens is 3. The second-order valence-electron chi connectivity index (χ2n) is 8.90. The van der Waals surface area contributed by atoms with E-state index in [0.29, 0.717) is 35.9 Å². The van der Waals surface area contributed by atoms with Crippen molar-refractivity contribution in [2.24, 2.45) is 23.7 Å². The molecule has 1 fully saturated rings. The zero-order chi connectivity index (χ0) is 25.4. The number of benzene rings is 2. The molecule has 0 spiro atoms. The van der Waals surface area contributed by atoms with E-state index in [9.17, 15) is 18.0 Å². The predicted molar refractivity (Wildman–Crippen MR) is 133 cm³/mol. The summed E-state index contributed by atoms with van der Waals surface area (Å²) in [5.74, 6) is 0.255. The van der Waals surface area contributed by atoms with E-state index in [4.69, 9.17) is 5.73 Å². The lowest BCUT2D eigenvalue weighted by Gasteiger charge is -2.10. The van der Waals surface area contributed by atoms with Crippen LogP contribution in [0.5, 0.6) is 0 Å². The van der Waals surface area contributed by atoms with Crippen molar-refractivity contribution >= 4 is 34.1 Å². The molecule has 2 heterocycles. The lowest BCUT2D eigenvalue weighted by Crippen LogP contribution is -2.26. The number of alkyl halides is 3. The molecule has 0 radical (unpaired) electrons. The Morgan fingerprint density at radius 1 is 1.19 bits per heavy atom. The van der Waals surface area contributed by atoms with Crippen LogP contribution in [0.25, 0.3) is 27.6 Å². The van der Waals surface area contributed by atoms with Crippen molar-refractivity contribution in [1.82, 2.24) is 19.7 Å². The van der Waals surface area contributed by atoms with E-state index in [1.807, 2.05) is 12.3 Å². The lowest BCUT2D eigenvalue weighted by molar-refractivity contribution is -0.137. The standard InChI is InChI=1S/C26H25F3N6O/c1-34-15-21-20-14-17(25(36)32-13-12-31-11-10-22(30)16-2-3-16)4-9-23(20)35(24(21)33-34)19-7-5-18(6-8-19)26(27,28)29/h4-11,14-16H,2-3,12-13,30H2,1H3,(H,32,36)/b22-10-,31-11?. The number of amides is 1. The molecule has 0 saturated heterocycles. The topological polar surface area (TPSA) is 90.2 Å². The van der Waals surface area contributed by atoms with Gasteiger partial charge in [-0.3, -0.25) is 19.0 Å². The van der Waals surface area contributed by atoms with Gasteiger partial charge in [0.1, 0.15) is 0 Å². The largest absolute Gasteiger partial charge is 0.416 e. The summed E-state index contributed by atoms with van der Waals surface area (Å²) >= 11 is 0. The van der Waals surface area contributed by atoms with Gasteiger partial charge >= 0.3 is 6.18 Å². The van der Waals surface area contributed by atoms with Crippen LogP contribution in [0.15, 0.2) is 65.4 Å². The second-order valence-corrected chi connectivity index (χ2v) is 8.90. The third-order valence-corrected chi connectivity index (χ3v) is 6.21. The minimum absolute atomic E-state index is 0.237. The van der Waals surface area contributed by atoms with E-state index >= 15 is 0 Å². The first-order chi connectivity index (χ1) is 17.2. The summed E-state index contributed by atoms with van der Waals surface area (Å²) in [5.41, 5.74) is 8.41. The Labute approximate surface area is 205 Å². The zero-order valence-electron chi connectivity index (χ0n) is 19.6. The number of hydrogen-bond donors (Lipinski definition) is 2. The van der Waals surface area contributed by atoms with Crippen LogP contribution in [0.2, 0.25) is 0 Å². The number of allylic oxidation sites excluding steroid dienone is 2. The smallest absolute Gasteiger partial charge is 0.402 e. The van der Waals surface area contributed by atoms with E-state index in [2.05, 4.69) is 15.4 Å². The van der Waals surface area contributed by atoms with Gasteiger partial charge in [-0.1, -0.05) is 0 Å². The molecule has 36 heavy (non-hydrogen) atoms. The number of aryl methyl sites for hydroxylation is 1. The number of aromatic nitrogens is 3. The van der Waals surface area contributed by atoms with E-state index in [-0.39, 0.29) is 5.91 Å². The Bertz CT molecular complexity index is 1490. The molecule has 186 valence electrons. The average Bonchev–Trinajstić information content (AvgIpc) is 3.57. The summed E-state index contributed by atoms with van der Waals surface area (Å²) in [6.45, 7) is 0.805. The molecular formula is C26H25F3N6O. The van der Waals surface area contributed by atoms with Crippen LogP contribution in [-0.4, -0.2) is 39.6 Å². The molecule has 2 aromatic carbocycles. The molecule has 2 aromatic heterocycles. The van der Waals surface area contributed by atoms with Gasteiger partial charge in [-0.2, -0.15) is 18.3 Å². The summed E-state index contributed by atoms with van der Waals surface area (Å²) in [6.07, 6.45) is 3.18. The molecule has 1 amide bonds. The number of nitrogens with zero attached hydrogens (tertiary/aromatic N) is 4. The maximum Gasteiger partial charge on any atom is 0.416 e. The zero-order valence-corrected chi connectivity index (χ0v) is 19.6. The van der Waals surface area contributed by atoms with Crippen LogP contribution in [-0.2, 0) is 13.2 Å². The average molecular weight is 495 g/mol. The number of aliphatic imine (C=N–C) groups is 1. The van der Waals surface area contributed by atoms with E-state index < -0.39 is 11.7 Å². The Balaban J connectivity index is 1.37. The van der Waals surface area contributed by atoms with Crippen LogP contribution in [0.4, 0.5) is 13.2 Å². The van der Waals surface area contributed by atoms with Gasteiger partial charge in [0.05, 0.1) is 17.6 Å². The fourth-order valence-electron chi connectivity index (χ4n) is 4.20. The number of rotatable bonds is 7. The Morgan fingerprint density at radius 3 is 2.64 bits per heavy atom. The van der Waals surface area contributed by atoms with E-state index in [1.54, 1.807) is 40.7 Å². The highest BCUT2D eigenvalue weighted by molar-refractivity contribution is 6.10. The summed E-state index contributed by atoms with van der Waals surface area (Å²) in [7, 11) is 1.77. The normalized spacial score (nSPS) is 14.8. The van der Waals surface area contributed by atoms with Gasteiger partial charge in [0, 0.05) is 53.7 Å². The second kappa shape index (κ2) is 9.18. The third-order valence-electron chi connectivity index (χ3n) is 6.21. The fraction of sp³-hybridized carbons (Fsp3) is 0.269. The molecule has 10 heteroatoms. The summed E-state index contributed by atoms with van der Waals surface area (Å²) < 4.78 is 42.5. The quantitative estimate of drug-likeness (QED) is 0.291. The molecule has 1 aliphatic rings. The highest BCUT2D eigenvalue weighted by Crippen LogP contribution is 2.34. The van der Waals surface area contributed by atoms with Crippen molar-refractivity contribution in [2.45, 2.75) is 19.0 Å². The number of nitrogens with one attached hydrogen (secondary N) is 1. The molecule has 4 aromatic rings. The van der Waals surface area contributed by atoms with Crippen LogP contribution < -0.4 is 11.1 Å². The van der Waals surface area contributed by atoms with E-state index in [1.165, 1.54) is 12.1 Å². The molecule has 1 aliphatic carbocycles. The maximum atomic E-state index is 13.0.